The molecule has 1 unspecified atom stereocenters. The highest BCUT2D eigenvalue weighted by Gasteiger charge is 2.05. The zero-order chi connectivity index (χ0) is 9.11. The van der Waals surface area contributed by atoms with Gasteiger partial charge in [-0.05, 0) is 26.3 Å². The minimum atomic E-state index is 0.796. The minimum Gasteiger partial charge on any atom is -0.314 e. The number of rotatable bonds is 0. The summed E-state index contributed by atoms with van der Waals surface area (Å²) in [6.07, 6.45) is 4.00. The van der Waals surface area contributed by atoms with Crippen molar-refractivity contribution in [1.82, 2.24) is 5.32 Å². The molecule has 0 saturated carbocycles. The molecule has 0 aliphatic carbocycles. The van der Waals surface area contributed by atoms with Crippen LogP contribution in [-0.4, -0.2) is 12.6 Å². The standard InChI is InChI=1S/C5H11N.C3H8.C2H6/c1-5-3-2-4-6-5;1-3-2;1-2/h5-6H,2-4H2,1H3;3H2,1-2H3;1-2H3. The first-order valence-electron chi connectivity index (χ1n) is 5.04. The van der Waals surface area contributed by atoms with E-state index in [0.29, 0.717) is 0 Å². The average molecular weight is 159 g/mol. The summed E-state index contributed by atoms with van der Waals surface area (Å²) in [4.78, 5) is 0. The Morgan fingerprint density at radius 1 is 1.27 bits per heavy atom. The predicted molar refractivity (Wildman–Crippen MR) is 54.0 cm³/mol. The first-order valence-corrected chi connectivity index (χ1v) is 5.04. The van der Waals surface area contributed by atoms with Gasteiger partial charge in [-0.25, -0.2) is 0 Å². The molecule has 1 atom stereocenters. The topological polar surface area (TPSA) is 12.0 Å². The number of nitrogens with one attached hydrogen (secondary N) is 1. The molecule has 0 bridgehead atoms. The van der Waals surface area contributed by atoms with Crippen LogP contribution in [0.3, 0.4) is 0 Å². The van der Waals surface area contributed by atoms with Gasteiger partial charge in [0, 0.05) is 6.04 Å². The summed E-state index contributed by atoms with van der Waals surface area (Å²) in [6.45, 7) is 11.7. The largest absolute Gasteiger partial charge is 0.314 e. The Bertz CT molecular complexity index is 46.8. The van der Waals surface area contributed by atoms with Crippen molar-refractivity contribution in [3.05, 3.63) is 0 Å². The van der Waals surface area contributed by atoms with Gasteiger partial charge in [0.25, 0.3) is 0 Å². The van der Waals surface area contributed by atoms with Crippen molar-refractivity contribution < 1.29 is 0 Å². The fraction of sp³-hybridized carbons (Fsp3) is 1.00. The molecule has 0 radical (unpaired) electrons. The van der Waals surface area contributed by atoms with E-state index in [4.69, 9.17) is 0 Å². The van der Waals surface area contributed by atoms with Gasteiger partial charge in [0.05, 0.1) is 0 Å². The van der Waals surface area contributed by atoms with E-state index in [0.717, 1.165) is 6.04 Å². The lowest BCUT2D eigenvalue weighted by molar-refractivity contribution is 0.664. The van der Waals surface area contributed by atoms with Gasteiger partial charge in [0.15, 0.2) is 0 Å². The van der Waals surface area contributed by atoms with Gasteiger partial charge in [0.2, 0.25) is 0 Å². The van der Waals surface area contributed by atoms with Crippen LogP contribution in [0.2, 0.25) is 0 Å². The van der Waals surface area contributed by atoms with Crippen molar-refractivity contribution >= 4 is 0 Å². The molecule has 1 aliphatic rings. The van der Waals surface area contributed by atoms with Gasteiger partial charge in [-0.15, -0.1) is 0 Å². The zero-order valence-electron chi connectivity index (χ0n) is 8.91. The van der Waals surface area contributed by atoms with Crippen LogP contribution >= 0.6 is 0 Å². The van der Waals surface area contributed by atoms with Crippen LogP contribution in [0.4, 0.5) is 0 Å². The molecular weight excluding hydrogens is 134 g/mol. The lowest BCUT2D eigenvalue weighted by atomic mass is 10.3. The normalized spacial score (nSPS) is 21.0. The van der Waals surface area contributed by atoms with Crippen molar-refractivity contribution in [2.24, 2.45) is 0 Å². The van der Waals surface area contributed by atoms with Crippen LogP contribution in [0.5, 0.6) is 0 Å². The molecule has 1 heteroatoms. The van der Waals surface area contributed by atoms with E-state index in [9.17, 15) is 0 Å². The highest BCUT2D eigenvalue weighted by Crippen LogP contribution is 2.01. The number of hydrogen-bond acceptors (Lipinski definition) is 1. The molecule has 0 aromatic heterocycles. The molecule has 1 rings (SSSR count). The van der Waals surface area contributed by atoms with E-state index >= 15 is 0 Å². The van der Waals surface area contributed by atoms with Crippen LogP contribution < -0.4 is 5.32 Å². The van der Waals surface area contributed by atoms with Gasteiger partial charge < -0.3 is 5.32 Å². The summed E-state index contributed by atoms with van der Waals surface area (Å²) in [5.41, 5.74) is 0. The van der Waals surface area contributed by atoms with Gasteiger partial charge in [-0.2, -0.15) is 0 Å². The van der Waals surface area contributed by atoms with Crippen LogP contribution in [-0.2, 0) is 0 Å². The SMILES string of the molecule is CC.CC1CCCN1.CCC. The highest BCUT2D eigenvalue weighted by atomic mass is 14.9. The first kappa shape index (κ1) is 13.5. The lowest BCUT2D eigenvalue weighted by Gasteiger charge is -1.95. The maximum absolute atomic E-state index is 3.32. The van der Waals surface area contributed by atoms with E-state index < -0.39 is 0 Å². The van der Waals surface area contributed by atoms with Crippen molar-refractivity contribution in [1.29, 1.82) is 0 Å². The average Bonchev–Trinajstić information content (AvgIpc) is 2.46. The molecule has 1 saturated heterocycles. The molecule has 0 spiro atoms. The fourth-order valence-electron chi connectivity index (χ4n) is 0.859. The fourth-order valence-corrected chi connectivity index (χ4v) is 0.859. The van der Waals surface area contributed by atoms with Crippen molar-refractivity contribution in [2.45, 2.75) is 59.9 Å². The highest BCUT2D eigenvalue weighted by molar-refractivity contribution is 4.67. The third kappa shape index (κ3) is 13.0. The first-order chi connectivity index (χ1) is 5.31. The summed E-state index contributed by atoms with van der Waals surface area (Å²) < 4.78 is 0. The second-order valence-electron chi connectivity index (χ2n) is 2.70. The maximum Gasteiger partial charge on any atom is 0.00391 e. The third-order valence-corrected chi connectivity index (χ3v) is 1.31. The summed E-state index contributed by atoms with van der Waals surface area (Å²) in [7, 11) is 0. The van der Waals surface area contributed by atoms with Crippen LogP contribution in [0.15, 0.2) is 0 Å². The Hall–Kier alpha value is -0.0400. The Morgan fingerprint density at radius 3 is 1.82 bits per heavy atom. The summed E-state index contributed by atoms with van der Waals surface area (Å²) in [5.74, 6) is 0. The predicted octanol–water partition coefficient (Wildman–Crippen LogP) is 3.20. The monoisotopic (exact) mass is 159 g/mol. The second kappa shape index (κ2) is 12.6. The molecule has 0 amide bonds. The lowest BCUT2D eigenvalue weighted by Crippen LogP contribution is -2.16. The van der Waals surface area contributed by atoms with Crippen molar-refractivity contribution in [3.8, 4) is 0 Å². The maximum atomic E-state index is 3.32. The Labute approximate surface area is 72.6 Å². The molecule has 1 aliphatic heterocycles. The second-order valence-corrected chi connectivity index (χ2v) is 2.70. The minimum absolute atomic E-state index is 0.796. The molecule has 1 nitrogen and oxygen atoms in total. The van der Waals surface area contributed by atoms with Gasteiger partial charge in [-0.1, -0.05) is 34.1 Å². The van der Waals surface area contributed by atoms with E-state index in [1.54, 1.807) is 0 Å². The molecule has 0 aromatic rings. The zero-order valence-corrected chi connectivity index (χ0v) is 8.91. The summed E-state index contributed by atoms with van der Waals surface area (Å²) in [6, 6.07) is 0.796. The Morgan fingerprint density at radius 2 is 1.73 bits per heavy atom. The van der Waals surface area contributed by atoms with Gasteiger partial charge in [0.1, 0.15) is 0 Å². The van der Waals surface area contributed by atoms with Crippen LogP contribution in [0.25, 0.3) is 0 Å². The molecule has 1 N–H and O–H groups in total. The summed E-state index contributed by atoms with van der Waals surface area (Å²) >= 11 is 0. The summed E-state index contributed by atoms with van der Waals surface area (Å²) in [5, 5.41) is 3.32. The van der Waals surface area contributed by atoms with E-state index in [1.165, 1.54) is 25.8 Å². The molecule has 1 heterocycles. The molecule has 0 aromatic carbocycles. The van der Waals surface area contributed by atoms with Crippen LogP contribution in [0, 0.1) is 0 Å². The van der Waals surface area contributed by atoms with Gasteiger partial charge in [-0.3, -0.25) is 0 Å². The Balaban J connectivity index is 0. The van der Waals surface area contributed by atoms with E-state index in [1.807, 2.05) is 13.8 Å². The molecule has 70 valence electrons. The van der Waals surface area contributed by atoms with E-state index in [2.05, 4.69) is 26.1 Å². The van der Waals surface area contributed by atoms with Crippen molar-refractivity contribution in [2.75, 3.05) is 6.54 Å². The van der Waals surface area contributed by atoms with E-state index in [-0.39, 0.29) is 0 Å². The third-order valence-electron chi connectivity index (χ3n) is 1.31. The molecular formula is C10H25N. The van der Waals surface area contributed by atoms with Crippen LogP contribution in [0.1, 0.15) is 53.9 Å². The smallest absolute Gasteiger partial charge is 0.00391 e. The molecule has 11 heavy (non-hydrogen) atoms. The number of hydrogen-bond donors (Lipinski definition) is 1. The molecule has 1 fully saturated rings. The Kier molecular flexibility index (Phi) is 15.5. The van der Waals surface area contributed by atoms with Gasteiger partial charge >= 0.3 is 0 Å². The van der Waals surface area contributed by atoms with Crippen molar-refractivity contribution in [3.63, 3.8) is 0 Å². The quantitative estimate of drug-likeness (QED) is 0.572.